The number of nitrogens with one attached hydrogen (secondary N) is 1. The highest BCUT2D eigenvalue weighted by Gasteiger charge is 2.13. The zero-order valence-electron chi connectivity index (χ0n) is 13.4. The summed E-state index contributed by atoms with van der Waals surface area (Å²) in [6.45, 7) is 8.47. The predicted octanol–water partition coefficient (Wildman–Crippen LogP) is 2.62. The SMILES string of the molecule is CCCNC(CCN(C)CCOCC)c1ccc(F)cn1. The third kappa shape index (κ3) is 7.50. The Morgan fingerprint density at radius 2 is 2.14 bits per heavy atom. The van der Waals surface area contributed by atoms with Gasteiger partial charge in [-0.3, -0.25) is 4.98 Å². The number of halogens is 1. The summed E-state index contributed by atoms with van der Waals surface area (Å²) in [4.78, 5) is 6.45. The number of pyridine rings is 1. The van der Waals surface area contributed by atoms with Crippen LogP contribution in [0.2, 0.25) is 0 Å². The zero-order chi connectivity index (χ0) is 15.5. The Hall–Kier alpha value is -1.04. The van der Waals surface area contributed by atoms with Gasteiger partial charge in [0.25, 0.3) is 0 Å². The van der Waals surface area contributed by atoms with Gasteiger partial charge in [0.2, 0.25) is 0 Å². The van der Waals surface area contributed by atoms with Crippen molar-refractivity contribution < 1.29 is 9.13 Å². The summed E-state index contributed by atoms with van der Waals surface area (Å²) in [6, 6.07) is 3.41. The molecule has 0 radical (unpaired) electrons. The van der Waals surface area contributed by atoms with Crippen molar-refractivity contribution in [2.75, 3.05) is 39.9 Å². The number of likely N-dealkylation sites (N-methyl/N-ethyl adjacent to an activating group) is 1. The largest absolute Gasteiger partial charge is 0.380 e. The van der Waals surface area contributed by atoms with Crippen LogP contribution in [0, 0.1) is 5.82 Å². The Labute approximate surface area is 127 Å². The molecule has 0 spiro atoms. The first-order chi connectivity index (χ1) is 10.2. The lowest BCUT2D eigenvalue weighted by Crippen LogP contribution is -2.30. The summed E-state index contributed by atoms with van der Waals surface area (Å²) in [5, 5.41) is 3.48. The van der Waals surface area contributed by atoms with Crippen LogP contribution >= 0.6 is 0 Å². The molecule has 0 fully saturated rings. The highest BCUT2D eigenvalue weighted by molar-refractivity contribution is 5.10. The van der Waals surface area contributed by atoms with Gasteiger partial charge in [0, 0.05) is 13.2 Å². The second-order valence-corrected chi connectivity index (χ2v) is 5.20. The molecule has 0 amide bonds. The van der Waals surface area contributed by atoms with Crippen molar-refractivity contribution in [3.63, 3.8) is 0 Å². The van der Waals surface area contributed by atoms with Crippen LogP contribution in [0.5, 0.6) is 0 Å². The van der Waals surface area contributed by atoms with Gasteiger partial charge in [-0.1, -0.05) is 6.92 Å². The Bertz CT molecular complexity index is 372. The first-order valence-electron chi connectivity index (χ1n) is 7.78. The highest BCUT2D eigenvalue weighted by atomic mass is 19.1. The molecule has 4 nitrogen and oxygen atoms in total. The predicted molar refractivity (Wildman–Crippen MR) is 83.8 cm³/mol. The normalized spacial score (nSPS) is 12.8. The molecule has 0 aliphatic carbocycles. The quantitative estimate of drug-likeness (QED) is 0.637. The first-order valence-corrected chi connectivity index (χ1v) is 7.78. The minimum absolute atomic E-state index is 0.167. The molecule has 0 saturated heterocycles. The molecule has 1 heterocycles. The van der Waals surface area contributed by atoms with Gasteiger partial charge in [-0.15, -0.1) is 0 Å². The summed E-state index contributed by atoms with van der Waals surface area (Å²) in [5.74, 6) is -0.290. The van der Waals surface area contributed by atoms with Crippen LogP contribution in [0.25, 0.3) is 0 Å². The van der Waals surface area contributed by atoms with Crippen molar-refractivity contribution >= 4 is 0 Å². The van der Waals surface area contributed by atoms with E-state index in [-0.39, 0.29) is 11.9 Å². The van der Waals surface area contributed by atoms with Gasteiger partial charge >= 0.3 is 0 Å². The molecule has 1 aromatic rings. The minimum Gasteiger partial charge on any atom is -0.380 e. The van der Waals surface area contributed by atoms with Crippen LogP contribution in [-0.2, 0) is 4.74 Å². The lowest BCUT2D eigenvalue weighted by Gasteiger charge is -2.22. The van der Waals surface area contributed by atoms with Gasteiger partial charge in [-0.05, 0) is 52.0 Å². The van der Waals surface area contributed by atoms with Crippen molar-refractivity contribution in [2.45, 2.75) is 32.7 Å². The third-order valence-electron chi connectivity index (χ3n) is 3.37. The van der Waals surface area contributed by atoms with Gasteiger partial charge in [-0.25, -0.2) is 4.39 Å². The number of ether oxygens (including phenoxy) is 1. The summed E-state index contributed by atoms with van der Waals surface area (Å²) < 4.78 is 18.3. The molecule has 1 aromatic heterocycles. The van der Waals surface area contributed by atoms with E-state index >= 15 is 0 Å². The topological polar surface area (TPSA) is 37.4 Å². The van der Waals surface area contributed by atoms with E-state index in [9.17, 15) is 4.39 Å². The highest BCUT2D eigenvalue weighted by Crippen LogP contribution is 2.15. The zero-order valence-corrected chi connectivity index (χ0v) is 13.4. The number of hydrogen-bond donors (Lipinski definition) is 1. The van der Waals surface area contributed by atoms with Crippen molar-refractivity contribution in [1.29, 1.82) is 0 Å². The fourth-order valence-corrected chi connectivity index (χ4v) is 2.09. The van der Waals surface area contributed by atoms with Crippen LogP contribution in [0.4, 0.5) is 4.39 Å². The number of hydrogen-bond acceptors (Lipinski definition) is 4. The van der Waals surface area contributed by atoms with Crippen molar-refractivity contribution in [1.82, 2.24) is 15.2 Å². The molecule has 21 heavy (non-hydrogen) atoms. The van der Waals surface area contributed by atoms with Crippen molar-refractivity contribution in [2.24, 2.45) is 0 Å². The number of nitrogens with zero attached hydrogens (tertiary/aromatic N) is 2. The molecule has 0 aliphatic rings. The van der Waals surface area contributed by atoms with E-state index in [4.69, 9.17) is 4.74 Å². The number of aromatic nitrogens is 1. The molecular weight excluding hydrogens is 269 g/mol. The molecule has 1 atom stereocenters. The molecular formula is C16H28FN3O. The maximum atomic E-state index is 13.0. The monoisotopic (exact) mass is 297 g/mol. The van der Waals surface area contributed by atoms with E-state index in [0.717, 1.165) is 51.4 Å². The second-order valence-electron chi connectivity index (χ2n) is 5.20. The molecule has 0 saturated carbocycles. The van der Waals surface area contributed by atoms with Gasteiger partial charge < -0.3 is 15.0 Å². The fourth-order valence-electron chi connectivity index (χ4n) is 2.09. The van der Waals surface area contributed by atoms with Gasteiger partial charge in [0.05, 0.1) is 24.5 Å². The maximum absolute atomic E-state index is 13.0. The van der Waals surface area contributed by atoms with Crippen LogP contribution in [0.15, 0.2) is 18.3 Å². The van der Waals surface area contributed by atoms with Crippen molar-refractivity contribution in [3.05, 3.63) is 29.8 Å². The molecule has 120 valence electrons. The minimum atomic E-state index is -0.290. The average molecular weight is 297 g/mol. The van der Waals surface area contributed by atoms with Crippen molar-refractivity contribution in [3.8, 4) is 0 Å². The molecule has 0 aromatic carbocycles. The summed E-state index contributed by atoms with van der Waals surface area (Å²) >= 11 is 0. The smallest absolute Gasteiger partial charge is 0.141 e. The molecule has 1 rings (SSSR count). The van der Waals surface area contributed by atoms with E-state index in [1.165, 1.54) is 12.3 Å². The standard InChI is InChI=1S/C16H28FN3O/c1-4-9-18-16(15-7-6-14(17)13-19-15)8-10-20(3)11-12-21-5-2/h6-7,13,16,18H,4-5,8-12H2,1-3H3. The van der Waals surface area contributed by atoms with Crippen LogP contribution in [0.3, 0.4) is 0 Å². The van der Waals surface area contributed by atoms with Crippen LogP contribution < -0.4 is 5.32 Å². The summed E-state index contributed by atoms with van der Waals surface area (Å²) in [5.41, 5.74) is 0.906. The molecule has 5 heteroatoms. The molecule has 1 unspecified atom stereocenters. The lowest BCUT2D eigenvalue weighted by atomic mass is 10.1. The molecule has 0 aliphatic heterocycles. The Kier molecular flexibility index (Phi) is 9.14. The van der Waals surface area contributed by atoms with E-state index in [0.29, 0.717) is 0 Å². The third-order valence-corrected chi connectivity index (χ3v) is 3.37. The van der Waals surface area contributed by atoms with E-state index in [1.54, 1.807) is 6.07 Å². The van der Waals surface area contributed by atoms with Crippen LogP contribution in [-0.4, -0.2) is 49.8 Å². The van der Waals surface area contributed by atoms with Gasteiger partial charge in [-0.2, -0.15) is 0 Å². The van der Waals surface area contributed by atoms with E-state index < -0.39 is 0 Å². The molecule has 0 bridgehead atoms. The maximum Gasteiger partial charge on any atom is 0.141 e. The van der Waals surface area contributed by atoms with Gasteiger partial charge in [0.15, 0.2) is 0 Å². The Morgan fingerprint density at radius 3 is 2.76 bits per heavy atom. The van der Waals surface area contributed by atoms with E-state index in [2.05, 4.69) is 29.2 Å². The molecule has 1 N–H and O–H groups in total. The summed E-state index contributed by atoms with van der Waals surface area (Å²) in [7, 11) is 2.09. The number of rotatable bonds is 11. The first kappa shape index (κ1) is 18.0. The second kappa shape index (κ2) is 10.7. The van der Waals surface area contributed by atoms with Crippen LogP contribution in [0.1, 0.15) is 38.4 Å². The Morgan fingerprint density at radius 1 is 1.33 bits per heavy atom. The lowest BCUT2D eigenvalue weighted by molar-refractivity contribution is 0.121. The Balaban J connectivity index is 2.47. The summed E-state index contributed by atoms with van der Waals surface area (Å²) in [6.07, 6.45) is 3.30. The van der Waals surface area contributed by atoms with Gasteiger partial charge in [0.1, 0.15) is 5.82 Å². The average Bonchev–Trinajstić information content (AvgIpc) is 2.49. The van der Waals surface area contributed by atoms with E-state index in [1.807, 2.05) is 6.92 Å². The fraction of sp³-hybridized carbons (Fsp3) is 0.688.